The summed E-state index contributed by atoms with van der Waals surface area (Å²) in [5.74, 6) is 0. The maximum absolute atomic E-state index is 4.30. The monoisotopic (exact) mass is 290 g/mol. The van der Waals surface area contributed by atoms with Crippen molar-refractivity contribution in [2.24, 2.45) is 0 Å². The predicted octanol–water partition coefficient (Wildman–Crippen LogP) is 3.96. The lowest BCUT2D eigenvalue weighted by Crippen LogP contribution is -2.10. The molecule has 1 aliphatic rings. The van der Waals surface area contributed by atoms with Crippen LogP contribution in [0.2, 0.25) is 0 Å². The Morgan fingerprint density at radius 3 is 3.00 bits per heavy atom. The van der Waals surface area contributed by atoms with E-state index in [1.807, 2.05) is 12.5 Å². The van der Waals surface area contributed by atoms with Crippen molar-refractivity contribution in [2.45, 2.75) is 31.7 Å². The summed E-state index contributed by atoms with van der Waals surface area (Å²) in [7, 11) is 0. The van der Waals surface area contributed by atoms with E-state index in [2.05, 4.69) is 49.7 Å². The van der Waals surface area contributed by atoms with E-state index < -0.39 is 0 Å². The highest BCUT2D eigenvalue weighted by atomic mass is 79.9. The minimum absolute atomic E-state index is 0.436. The number of imidazole rings is 1. The molecule has 2 heterocycles. The standard InChI is InChI=1S/C14H15BrN2/c15-13-7-3-2-6-12(13)14-8-4-1-5-11-9-16-10-17(11)14/h2-3,6-7,9-10,14H,1,4-5,8H2. The fraction of sp³-hybridized carbons (Fsp3) is 0.357. The van der Waals surface area contributed by atoms with Crippen molar-refractivity contribution in [3.63, 3.8) is 0 Å². The van der Waals surface area contributed by atoms with Gasteiger partial charge in [-0.05, 0) is 30.9 Å². The molecule has 1 aromatic carbocycles. The Labute approximate surface area is 110 Å². The quantitative estimate of drug-likeness (QED) is 0.777. The number of rotatable bonds is 1. The van der Waals surface area contributed by atoms with E-state index in [0.717, 1.165) is 6.42 Å². The van der Waals surface area contributed by atoms with Gasteiger partial charge in [0, 0.05) is 16.4 Å². The van der Waals surface area contributed by atoms with Crippen LogP contribution in [0.15, 0.2) is 41.3 Å². The zero-order valence-electron chi connectivity index (χ0n) is 9.64. The van der Waals surface area contributed by atoms with Gasteiger partial charge in [-0.15, -0.1) is 0 Å². The fourth-order valence-electron chi connectivity index (χ4n) is 2.64. The zero-order valence-corrected chi connectivity index (χ0v) is 11.2. The minimum atomic E-state index is 0.436. The summed E-state index contributed by atoms with van der Waals surface area (Å²) in [6.07, 6.45) is 8.90. The van der Waals surface area contributed by atoms with E-state index in [0.29, 0.717) is 6.04 Å². The van der Waals surface area contributed by atoms with Crippen molar-refractivity contribution in [1.82, 2.24) is 9.55 Å². The van der Waals surface area contributed by atoms with E-state index in [1.165, 1.54) is 35.0 Å². The summed E-state index contributed by atoms with van der Waals surface area (Å²) >= 11 is 3.66. The Kier molecular flexibility index (Phi) is 3.02. The smallest absolute Gasteiger partial charge is 0.0953 e. The molecule has 0 saturated carbocycles. The summed E-state index contributed by atoms with van der Waals surface area (Å²) in [5.41, 5.74) is 2.73. The molecule has 0 N–H and O–H groups in total. The van der Waals surface area contributed by atoms with Crippen LogP contribution in [0, 0.1) is 0 Å². The van der Waals surface area contributed by atoms with Crippen LogP contribution in [0.1, 0.15) is 36.6 Å². The first-order valence-corrected chi connectivity index (χ1v) is 6.90. The highest BCUT2D eigenvalue weighted by molar-refractivity contribution is 9.10. The van der Waals surface area contributed by atoms with Crippen molar-refractivity contribution in [3.8, 4) is 0 Å². The first-order chi connectivity index (χ1) is 8.36. The molecule has 0 saturated heterocycles. The Bertz CT molecular complexity index is 518. The van der Waals surface area contributed by atoms with E-state index in [-0.39, 0.29) is 0 Å². The normalized spacial score (nSPS) is 19.7. The molecular formula is C14H15BrN2. The largest absolute Gasteiger partial charge is 0.327 e. The van der Waals surface area contributed by atoms with Crippen molar-refractivity contribution >= 4 is 15.9 Å². The van der Waals surface area contributed by atoms with Crippen LogP contribution in [0.3, 0.4) is 0 Å². The molecule has 0 radical (unpaired) electrons. The van der Waals surface area contributed by atoms with Crippen LogP contribution in [0.4, 0.5) is 0 Å². The fourth-order valence-corrected chi connectivity index (χ4v) is 3.19. The second-order valence-corrected chi connectivity index (χ2v) is 5.43. The van der Waals surface area contributed by atoms with Gasteiger partial charge in [-0.2, -0.15) is 0 Å². The molecule has 0 bridgehead atoms. The molecule has 17 heavy (non-hydrogen) atoms. The van der Waals surface area contributed by atoms with Gasteiger partial charge in [0.15, 0.2) is 0 Å². The van der Waals surface area contributed by atoms with Gasteiger partial charge in [0.1, 0.15) is 0 Å². The van der Waals surface area contributed by atoms with Crippen LogP contribution >= 0.6 is 15.9 Å². The summed E-state index contributed by atoms with van der Waals surface area (Å²) < 4.78 is 3.54. The van der Waals surface area contributed by atoms with E-state index in [9.17, 15) is 0 Å². The van der Waals surface area contributed by atoms with Crippen LogP contribution in [-0.4, -0.2) is 9.55 Å². The van der Waals surface area contributed by atoms with E-state index in [4.69, 9.17) is 0 Å². The third-order valence-corrected chi connectivity index (χ3v) is 4.23. The molecule has 0 amide bonds. The van der Waals surface area contributed by atoms with Gasteiger partial charge in [0.2, 0.25) is 0 Å². The summed E-state index contributed by atoms with van der Waals surface area (Å²) in [6, 6.07) is 8.95. The van der Waals surface area contributed by atoms with Crippen molar-refractivity contribution < 1.29 is 0 Å². The average Bonchev–Trinajstić information content (AvgIpc) is 2.71. The Morgan fingerprint density at radius 1 is 1.24 bits per heavy atom. The minimum Gasteiger partial charge on any atom is -0.327 e. The highest BCUT2D eigenvalue weighted by Crippen LogP contribution is 2.33. The molecule has 1 aliphatic heterocycles. The van der Waals surface area contributed by atoms with Gasteiger partial charge in [-0.3, -0.25) is 0 Å². The van der Waals surface area contributed by atoms with Crippen LogP contribution in [-0.2, 0) is 6.42 Å². The molecular weight excluding hydrogens is 276 g/mol. The molecule has 1 atom stereocenters. The second kappa shape index (κ2) is 4.65. The van der Waals surface area contributed by atoms with Gasteiger partial charge in [-0.1, -0.05) is 40.5 Å². The first-order valence-electron chi connectivity index (χ1n) is 6.11. The lowest BCUT2D eigenvalue weighted by molar-refractivity contribution is 0.534. The molecule has 1 unspecified atom stereocenters. The molecule has 0 spiro atoms. The lowest BCUT2D eigenvalue weighted by Gasteiger charge is -2.20. The Balaban J connectivity index is 2.07. The maximum atomic E-state index is 4.30. The Morgan fingerprint density at radius 2 is 2.12 bits per heavy atom. The molecule has 0 aliphatic carbocycles. The molecule has 2 nitrogen and oxygen atoms in total. The number of nitrogens with zero attached hydrogens (tertiary/aromatic N) is 2. The number of halogens is 1. The van der Waals surface area contributed by atoms with Crippen molar-refractivity contribution in [3.05, 3.63) is 52.5 Å². The summed E-state index contributed by atoms with van der Waals surface area (Å²) in [4.78, 5) is 4.30. The molecule has 2 aromatic rings. The molecule has 0 fully saturated rings. The van der Waals surface area contributed by atoms with Crippen molar-refractivity contribution in [1.29, 1.82) is 0 Å². The van der Waals surface area contributed by atoms with E-state index in [1.54, 1.807) is 0 Å². The van der Waals surface area contributed by atoms with Gasteiger partial charge in [-0.25, -0.2) is 4.98 Å². The van der Waals surface area contributed by atoms with E-state index >= 15 is 0 Å². The topological polar surface area (TPSA) is 17.8 Å². The number of hydrogen-bond donors (Lipinski definition) is 0. The first kappa shape index (κ1) is 11.0. The molecule has 3 heteroatoms. The number of aromatic nitrogens is 2. The zero-order chi connectivity index (χ0) is 11.7. The lowest BCUT2D eigenvalue weighted by atomic mass is 10.0. The molecule has 1 aromatic heterocycles. The summed E-state index contributed by atoms with van der Waals surface area (Å²) in [6.45, 7) is 0. The van der Waals surface area contributed by atoms with Gasteiger partial charge < -0.3 is 4.57 Å². The predicted molar refractivity (Wildman–Crippen MR) is 72.1 cm³/mol. The van der Waals surface area contributed by atoms with Crippen LogP contribution in [0.25, 0.3) is 0 Å². The number of benzene rings is 1. The third kappa shape index (κ3) is 2.04. The molecule has 88 valence electrons. The van der Waals surface area contributed by atoms with Crippen LogP contribution in [0.5, 0.6) is 0 Å². The maximum Gasteiger partial charge on any atom is 0.0953 e. The number of aryl methyl sites for hydroxylation is 1. The van der Waals surface area contributed by atoms with Crippen molar-refractivity contribution in [2.75, 3.05) is 0 Å². The summed E-state index contributed by atoms with van der Waals surface area (Å²) in [5, 5.41) is 0. The Hall–Kier alpha value is -1.09. The van der Waals surface area contributed by atoms with Crippen LogP contribution < -0.4 is 0 Å². The average molecular weight is 291 g/mol. The van der Waals surface area contributed by atoms with Gasteiger partial charge in [0.05, 0.1) is 12.4 Å². The van der Waals surface area contributed by atoms with Gasteiger partial charge >= 0.3 is 0 Å². The molecule has 3 rings (SSSR count). The second-order valence-electron chi connectivity index (χ2n) is 4.58. The third-order valence-electron chi connectivity index (χ3n) is 3.51. The number of hydrogen-bond acceptors (Lipinski definition) is 1. The number of fused-ring (bicyclic) bond motifs is 1. The highest BCUT2D eigenvalue weighted by Gasteiger charge is 2.20. The van der Waals surface area contributed by atoms with Gasteiger partial charge in [0.25, 0.3) is 0 Å². The SMILES string of the molecule is Brc1ccccc1C1CCCCc2cncn21.